The lowest BCUT2D eigenvalue weighted by molar-refractivity contribution is -0.118. The van der Waals surface area contributed by atoms with Gasteiger partial charge in [0.1, 0.15) is 5.82 Å². The van der Waals surface area contributed by atoms with Crippen LogP contribution >= 0.6 is 11.6 Å². The third kappa shape index (κ3) is 3.18. The molecule has 0 saturated carbocycles. The fourth-order valence-electron chi connectivity index (χ4n) is 1.20. The van der Waals surface area contributed by atoms with E-state index >= 15 is 0 Å². The number of rotatable bonds is 3. The highest BCUT2D eigenvalue weighted by Crippen LogP contribution is 2.21. The summed E-state index contributed by atoms with van der Waals surface area (Å²) in [5.41, 5.74) is 0.782. The number of benzene rings is 1. The highest BCUT2D eigenvalue weighted by atomic mass is 35.5. The Kier molecular flexibility index (Phi) is 4.47. The molecule has 1 rings (SSSR count). The van der Waals surface area contributed by atoms with Crippen LogP contribution in [-0.2, 0) is 4.79 Å². The minimum atomic E-state index is -0.516. The molecule has 0 aromatic heterocycles. The molecule has 0 bridgehead atoms. The molecule has 3 nitrogen and oxygen atoms in total. The molecular weight excluding hydrogens is 243 g/mol. The molecule has 1 atom stereocenters. The molecule has 1 N–H and O–H groups in total. The summed E-state index contributed by atoms with van der Waals surface area (Å²) in [5.74, 6) is -0.994. The second-order valence-electron chi connectivity index (χ2n) is 3.79. The summed E-state index contributed by atoms with van der Waals surface area (Å²) in [5, 5.41) is 11.3. The van der Waals surface area contributed by atoms with Crippen molar-refractivity contribution < 1.29 is 9.18 Å². The Morgan fingerprint density at radius 1 is 1.65 bits per heavy atom. The number of carbonyl (C=O) groups is 1. The third-order valence-electron chi connectivity index (χ3n) is 2.41. The highest BCUT2D eigenvalue weighted by molar-refractivity contribution is 6.19. The summed E-state index contributed by atoms with van der Waals surface area (Å²) < 4.78 is 13.4. The van der Waals surface area contributed by atoms with E-state index in [4.69, 9.17) is 16.9 Å². The van der Waals surface area contributed by atoms with Gasteiger partial charge in [0.05, 0.1) is 11.6 Å². The molecule has 1 aromatic rings. The highest BCUT2D eigenvalue weighted by Gasteiger charge is 2.14. The molecule has 0 saturated heterocycles. The number of nitriles is 1. The summed E-state index contributed by atoms with van der Waals surface area (Å²) in [7, 11) is 0. The Morgan fingerprint density at radius 2 is 2.29 bits per heavy atom. The predicted molar refractivity (Wildman–Crippen MR) is 64.4 cm³/mol. The number of nitrogens with zero attached hydrogens (tertiary/aromatic N) is 1. The number of carbonyl (C=O) groups excluding carboxylic acids is 1. The average molecular weight is 255 g/mol. The molecule has 1 aromatic carbocycles. The van der Waals surface area contributed by atoms with Gasteiger partial charge in [-0.25, -0.2) is 4.39 Å². The Balaban J connectivity index is 3.03. The van der Waals surface area contributed by atoms with Crippen LogP contribution in [-0.4, -0.2) is 11.8 Å². The number of hydrogen-bond acceptors (Lipinski definition) is 2. The molecule has 0 fully saturated rings. The first-order valence-electron chi connectivity index (χ1n) is 5.06. The fraction of sp³-hybridized carbons (Fsp3) is 0.333. The van der Waals surface area contributed by atoms with Crippen molar-refractivity contribution in [3.05, 3.63) is 29.1 Å². The molecule has 0 aliphatic rings. The fourth-order valence-corrected chi connectivity index (χ4v) is 1.34. The zero-order valence-corrected chi connectivity index (χ0v) is 10.3. The zero-order valence-electron chi connectivity index (χ0n) is 9.55. The van der Waals surface area contributed by atoms with Crippen molar-refractivity contribution in [3.63, 3.8) is 0 Å². The number of amides is 1. The van der Waals surface area contributed by atoms with Crippen LogP contribution < -0.4 is 5.32 Å². The van der Waals surface area contributed by atoms with Crippen LogP contribution in [0.4, 0.5) is 10.1 Å². The lowest BCUT2D eigenvalue weighted by atomic mass is 10.1. The molecule has 0 aliphatic heterocycles. The minimum Gasteiger partial charge on any atom is -0.325 e. The number of halogens is 2. The van der Waals surface area contributed by atoms with E-state index in [0.717, 1.165) is 6.07 Å². The summed E-state index contributed by atoms with van der Waals surface area (Å²) in [6.07, 6.45) is 0. The predicted octanol–water partition coefficient (Wildman–Crippen LogP) is 2.82. The van der Waals surface area contributed by atoms with E-state index < -0.39 is 5.82 Å². The van der Waals surface area contributed by atoms with Gasteiger partial charge in [0.25, 0.3) is 0 Å². The quantitative estimate of drug-likeness (QED) is 0.844. The molecule has 5 heteroatoms. The van der Waals surface area contributed by atoms with Crippen LogP contribution in [0, 0.1) is 30.0 Å². The van der Waals surface area contributed by atoms with Gasteiger partial charge in [-0.2, -0.15) is 5.26 Å². The van der Waals surface area contributed by atoms with Gasteiger partial charge >= 0.3 is 0 Å². The number of hydrogen-bond donors (Lipinski definition) is 1. The Morgan fingerprint density at radius 3 is 2.82 bits per heavy atom. The van der Waals surface area contributed by atoms with Crippen LogP contribution in [0.15, 0.2) is 12.1 Å². The summed E-state index contributed by atoms with van der Waals surface area (Å²) >= 11 is 5.56. The largest absolute Gasteiger partial charge is 0.325 e. The maximum absolute atomic E-state index is 13.4. The minimum absolute atomic E-state index is 0.168. The van der Waals surface area contributed by atoms with Crippen molar-refractivity contribution >= 4 is 23.2 Å². The van der Waals surface area contributed by atoms with E-state index in [9.17, 15) is 9.18 Å². The molecule has 1 amide bonds. The van der Waals surface area contributed by atoms with Gasteiger partial charge in [-0.15, -0.1) is 11.6 Å². The Bertz CT molecular complexity index is 482. The topological polar surface area (TPSA) is 52.9 Å². The van der Waals surface area contributed by atoms with Gasteiger partial charge in [-0.05, 0) is 19.1 Å². The monoisotopic (exact) mass is 254 g/mol. The Hall–Kier alpha value is -1.60. The van der Waals surface area contributed by atoms with Crippen LogP contribution in [0.3, 0.4) is 0 Å². The molecule has 0 radical (unpaired) electrons. The second-order valence-corrected chi connectivity index (χ2v) is 4.10. The van der Waals surface area contributed by atoms with Crippen molar-refractivity contribution in [2.75, 3.05) is 11.2 Å². The number of alkyl halides is 1. The van der Waals surface area contributed by atoms with E-state index in [1.165, 1.54) is 13.0 Å². The third-order valence-corrected chi connectivity index (χ3v) is 2.87. The molecule has 0 heterocycles. The first-order chi connectivity index (χ1) is 7.99. The SMILES string of the molecule is Cc1c(F)cc(C#N)cc1NC(=O)C(C)CCl. The first-order valence-corrected chi connectivity index (χ1v) is 5.60. The van der Waals surface area contributed by atoms with Crippen molar-refractivity contribution in [2.45, 2.75) is 13.8 Å². The Labute approximate surface area is 104 Å². The standard InChI is InChI=1S/C12H12ClFN2O/c1-7(5-13)12(17)16-11-4-9(6-15)3-10(14)8(11)2/h3-4,7H,5H2,1-2H3,(H,16,17). The molecule has 1 unspecified atom stereocenters. The van der Waals surface area contributed by atoms with Crippen molar-refractivity contribution in [3.8, 4) is 6.07 Å². The van der Waals surface area contributed by atoms with Gasteiger partial charge in [-0.3, -0.25) is 4.79 Å². The van der Waals surface area contributed by atoms with E-state index in [-0.39, 0.29) is 23.3 Å². The van der Waals surface area contributed by atoms with Gasteiger partial charge < -0.3 is 5.32 Å². The molecule has 0 aliphatic carbocycles. The maximum atomic E-state index is 13.4. The normalized spacial score (nSPS) is 11.7. The van der Waals surface area contributed by atoms with Gasteiger partial charge in [-0.1, -0.05) is 6.92 Å². The molecule has 17 heavy (non-hydrogen) atoms. The van der Waals surface area contributed by atoms with E-state index in [0.29, 0.717) is 11.3 Å². The van der Waals surface area contributed by atoms with E-state index in [1.807, 2.05) is 6.07 Å². The van der Waals surface area contributed by atoms with Crippen molar-refractivity contribution in [2.24, 2.45) is 5.92 Å². The molecular formula is C12H12ClFN2O. The maximum Gasteiger partial charge on any atom is 0.228 e. The van der Waals surface area contributed by atoms with Gasteiger partial charge in [0.2, 0.25) is 5.91 Å². The molecule has 90 valence electrons. The van der Waals surface area contributed by atoms with E-state index in [2.05, 4.69) is 5.32 Å². The second kappa shape index (κ2) is 5.65. The smallest absolute Gasteiger partial charge is 0.228 e. The summed E-state index contributed by atoms with van der Waals surface area (Å²) in [6, 6.07) is 4.41. The summed E-state index contributed by atoms with van der Waals surface area (Å²) in [6.45, 7) is 3.21. The number of nitrogens with one attached hydrogen (secondary N) is 1. The lowest BCUT2D eigenvalue weighted by Crippen LogP contribution is -2.22. The summed E-state index contributed by atoms with van der Waals surface area (Å²) in [4.78, 5) is 11.6. The first kappa shape index (κ1) is 13.5. The van der Waals surface area contributed by atoms with Crippen LogP contribution in [0.1, 0.15) is 18.1 Å². The van der Waals surface area contributed by atoms with Crippen molar-refractivity contribution in [1.82, 2.24) is 0 Å². The van der Waals surface area contributed by atoms with Crippen LogP contribution in [0.5, 0.6) is 0 Å². The number of anilines is 1. The van der Waals surface area contributed by atoms with Gasteiger partial charge in [0, 0.05) is 23.0 Å². The van der Waals surface area contributed by atoms with Crippen LogP contribution in [0.25, 0.3) is 0 Å². The van der Waals surface area contributed by atoms with E-state index in [1.54, 1.807) is 6.92 Å². The average Bonchev–Trinajstić information content (AvgIpc) is 2.33. The lowest BCUT2D eigenvalue weighted by Gasteiger charge is -2.12. The van der Waals surface area contributed by atoms with Crippen molar-refractivity contribution in [1.29, 1.82) is 5.26 Å². The zero-order chi connectivity index (χ0) is 13.0. The van der Waals surface area contributed by atoms with Crippen LogP contribution in [0.2, 0.25) is 0 Å². The van der Waals surface area contributed by atoms with Gasteiger partial charge in [0.15, 0.2) is 0 Å². The molecule has 0 spiro atoms.